The van der Waals surface area contributed by atoms with Crippen LogP contribution in [0.1, 0.15) is 16.7 Å². The fourth-order valence-electron chi connectivity index (χ4n) is 3.98. The molecule has 0 aromatic heterocycles. The van der Waals surface area contributed by atoms with Crippen LogP contribution < -0.4 is 14.8 Å². The van der Waals surface area contributed by atoms with Crippen LogP contribution in [-0.4, -0.2) is 20.8 Å². The molecule has 0 fully saturated rings. The van der Waals surface area contributed by atoms with Crippen LogP contribution >= 0.6 is 0 Å². The second kappa shape index (κ2) is 7.43. The van der Waals surface area contributed by atoms with Crippen molar-refractivity contribution in [1.29, 1.82) is 0 Å². The Kier molecular flexibility index (Phi) is 4.82. The Hall–Kier alpha value is -3.20. The van der Waals surface area contributed by atoms with Crippen molar-refractivity contribution in [1.82, 2.24) is 5.32 Å². The minimum absolute atomic E-state index is 0.202. The maximum atomic E-state index is 5.45. The molecule has 4 rings (SSSR count). The van der Waals surface area contributed by atoms with E-state index in [9.17, 15) is 0 Å². The van der Waals surface area contributed by atoms with Crippen molar-refractivity contribution < 1.29 is 9.47 Å². The van der Waals surface area contributed by atoms with E-state index < -0.39 is 0 Å². The largest absolute Gasteiger partial charge is 0.497 e. The molecule has 1 heterocycles. The first-order chi connectivity index (χ1) is 13.7. The zero-order valence-electron chi connectivity index (χ0n) is 16.5. The van der Waals surface area contributed by atoms with E-state index in [0.717, 1.165) is 29.2 Å². The van der Waals surface area contributed by atoms with Gasteiger partial charge in [0.25, 0.3) is 0 Å². The molecule has 0 radical (unpaired) electrons. The fraction of sp³-hybridized carbons (Fsp3) is 0.200. The van der Waals surface area contributed by atoms with Gasteiger partial charge >= 0.3 is 0 Å². The summed E-state index contributed by atoms with van der Waals surface area (Å²) in [5, 5.41) is 3.40. The molecule has 3 aromatic carbocycles. The maximum absolute atomic E-state index is 5.45. The summed E-state index contributed by atoms with van der Waals surface area (Å²) < 4.78 is 10.9. The number of benzene rings is 3. The number of hydrogen-bond donors (Lipinski definition) is 1. The number of rotatable bonds is 5. The van der Waals surface area contributed by atoms with Crippen LogP contribution in [-0.2, 0) is 5.41 Å². The van der Waals surface area contributed by atoms with Crippen LogP contribution in [0.4, 0.5) is 0 Å². The molecular weight excluding hydrogens is 346 g/mol. The number of ether oxygens (including phenoxy) is 2. The minimum atomic E-state index is -0.202. The van der Waals surface area contributed by atoms with Gasteiger partial charge in [-0.2, -0.15) is 0 Å². The Balaban J connectivity index is 1.81. The Morgan fingerprint density at radius 1 is 0.821 bits per heavy atom. The van der Waals surface area contributed by atoms with E-state index in [2.05, 4.69) is 79.1 Å². The van der Waals surface area contributed by atoms with Gasteiger partial charge in [0.15, 0.2) is 0 Å². The molecule has 3 nitrogen and oxygen atoms in total. The quantitative estimate of drug-likeness (QED) is 0.678. The lowest BCUT2D eigenvalue weighted by Crippen LogP contribution is -2.31. The number of hydrogen-bond acceptors (Lipinski definition) is 3. The molecule has 1 aliphatic rings. The summed E-state index contributed by atoms with van der Waals surface area (Å²) in [5.41, 5.74) is 5.79. The predicted octanol–water partition coefficient (Wildman–Crippen LogP) is 5.08. The van der Waals surface area contributed by atoms with Gasteiger partial charge in [-0.15, -0.1) is 0 Å². The van der Waals surface area contributed by atoms with Gasteiger partial charge in [-0.25, -0.2) is 0 Å². The van der Waals surface area contributed by atoms with E-state index in [4.69, 9.17) is 9.47 Å². The smallest absolute Gasteiger partial charge is 0.121 e. The van der Waals surface area contributed by atoms with Crippen LogP contribution in [0.2, 0.25) is 0 Å². The zero-order valence-corrected chi connectivity index (χ0v) is 16.5. The molecule has 1 unspecified atom stereocenters. The highest BCUT2D eigenvalue weighted by Gasteiger charge is 2.34. The van der Waals surface area contributed by atoms with Crippen LogP contribution in [0.15, 0.2) is 79.0 Å². The second-order valence-electron chi connectivity index (χ2n) is 7.18. The molecule has 0 spiro atoms. The van der Waals surface area contributed by atoms with E-state index in [1.807, 2.05) is 12.1 Å². The van der Waals surface area contributed by atoms with Crippen LogP contribution in [0, 0.1) is 6.92 Å². The summed E-state index contributed by atoms with van der Waals surface area (Å²) in [7, 11) is 3.41. The second-order valence-corrected chi connectivity index (χ2v) is 7.18. The predicted molar refractivity (Wildman–Crippen MR) is 114 cm³/mol. The Bertz CT molecular complexity index is 1020. The third-order valence-electron chi connectivity index (χ3n) is 5.56. The zero-order chi connectivity index (χ0) is 19.6. The number of nitrogens with one attached hydrogen (secondary N) is 1. The first kappa shape index (κ1) is 18.2. The Morgan fingerprint density at radius 2 is 1.57 bits per heavy atom. The van der Waals surface area contributed by atoms with Crippen molar-refractivity contribution >= 4 is 0 Å². The molecule has 0 saturated heterocycles. The maximum Gasteiger partial charge on any atom is 0.121 e. The summed E-state index contributed by atoms with van der Waals surface area (Å²) in [6, 6.07) is 23.4. The highest BCUT2D eigenvalue weighted by molar-refractivity contribution is 5.67. The van der Waals surface area contributed by atoms with Gasteiger partial charge in [0.1, 0.15) is 11.5 Å². The molecule has 142 valence electrons. The van der Waals surface area contributed by atoms with Crippen molar-refractivity contribution in [2.24, 2.45) is 0 Å². The van der Waals surface area contributed by atoms with Crippen molar-refractivity contribution in [2.45, 2.75) is 12.3 Å². The molecule has 0 saturated carbocycles. The van der Waals surface area contributed by atoms with Gasteiger partial charge in [0.2, 0.25) is 0 Å². The highest BCUT2D eigenvalue weighted by atomic mass is 16.5. The SMILES string of the molecule is COc1cccc(-c2cccc(C3(c4ccc(OC)c(C)c4)C=CNC3)c2)c1. The van der Waals surface area contributed by atoms with Gasteiger partial charge in [-0.05, 0) is 65.2 Å². The number of aryl methyl sites for hydroxylation is 1. The van der Waals surface area contributed by atoms with Crippen molar-refractivity contribution in [3.63, 3.8) is 0 Å². The molecule has 28 heavy (non-hydrogen) atoms. The average Bonchev–Trinajstić information content (AvgIpc) is 3.25. The Morgan fingerprint density at radius 3 is 2.25 bits per heavy atom. The normalized spacial score (nSPS) is 18.0. The molecular formula is C25H25NO2. The summed E-state index contributed by atoms with van der Waals surface area (Å²) >= 11 is 0. The molecule has 1 N–H and O–H groups in total. The van der Waals surface area contributed by atoms with E-state index in [1.54, 1.807) is 14.2 Å². The first-order valence-electron chi connectivity index (χ1n) is 9.47. The number of methoxy groups -OCH3 is 2. The highest BCUT2D eigenvalue weighted by Crippen LogP contribution is 2.39. The van der Waals surface area contributed by atoms with Gasteiger partial charge in [-0.3, -0.25) is 0 Å². The van der Waals surface area contributed by atoms with Crippen molar-refractivity contribution in [3.05, 3.63) is 95.7 Å². The van der Waals surface area contributed by atoms with E-state index in [0.29, 0.717) is 0 Å². The van der Waals surface area contributed by atoms with Crippen molar-refractivity contribution in [3.8, 4) is 22.6 Å². The third kappa shape index (κ3) is 3.13. The van der Waals surface area contributed by atoms with Gasteiger partial charge in [-0.1, -0.05) is 48.5 Å². The summed E-state index contributed by atoms with van der Waals surface area (Å²) in [6.45, 7) is 2.93. The fourth-order valence-corrected chi connectivity index (χ4v) is 3.98. The lowest BCUT2D eigenvalue weighted by Gasteiger charge is -2.29. The summed E-state index contributed by atoms with van der Waals surface area (Å²) in [6.07, 6.45) is 4.32. The van der Waals surface area contributed by atoms with Crippen LogP contribution in [0.25, 0.3) is 11.1 Å². The molecule has 0 amide bonds. The van der Waals surface area contributed by atoms with Crippen molar-refractivity contribution in [2.75, 3.05) is 20.8 Å². The van der Waals surface area contributed by atoms with E-state index in [-0.39, 0.29) is 5.41 Å². The molecule has 0 aliphatic carbocycles. The molecule has 3 aromatic rings. The monoisotopic (exact) mass is 371 g/mol. The van der Waals surface area contributed by atoms with Gasteiger partial charge < -0.3 is 14.8 Å². The van der Waals surface area contributed by atoms with Gasteiger partial charge in [0, 0.05) is 6.54 Å². The molecule has 1 aliphatic heterocycles. The topological polar surface area (TPSA) is 30.5 Å². The summed E-state index contributed by atoms with van der Waals surface area (Å²) in [4.78, 5) is 0. The lowest BCUT2D eigenvalue weighted by molar-refractivity contribution is 0.411. The Labute approximate surface area is 166 Å². The molecule has 0 bridgehead atoms. The van der Waals surface area contributed by atoms with Crippen LogP contribution in [0.3, 0.4) is 0 Å². The molecule has 1 atom stereocenters. The van der Waals surface area contributed by atoms with Crippen LogP contribution in [0.5, 0.6) is 11.5 Å². The summed E-state index contributed by atoms with van der Waals surface area (Å²) in [5.74, 6) is 1.78. The standard InChI is InChI=1S/C25H25NO2/c1-18-14-22(10-11-24(18)28-3)25(12-13-26-17-25)21-8-4-6-19(15-21)20-7-5-9-23(16-20)27-2/h4-16,26H,17H2,1-3H3. The lowest BCUT2D eigenvalue weighted by atomic mass is 9.74. The molecule has 3 heteroatoms. The first-order valence-corrected chi connectivity index (χ1v) is 9.47. The van der Waals surface area contributed by atoms with E-state index >= 15 is 0 Å². The average molecular weight is 371 g/mol. The van der Waals surface area contributed by atoms with E-state index in [1.165, 1.54) is 16.7 Å². The third-order valence-corrected chi connectivity index (χ3v) is 5.56. The minimum Gasteiger partial charge on any atom is -0.497 e. The van der Waals surface area contributed by atoms with Gasteiger partial charge in [0.05, 0.1) is 19.6 Å².